The van der Waals surface area contributed by atoms with Crippen LogP contribution in [0.1, 0.15) is 12.5 Å². The number of benzene rings is 2. The summed E-state index contributed by atoms with van der Waals surface area (Å²) < 4.78 is 16.3. The molecule has 0 aliphatic heterocycles. The van der Waals surface area contributed by atoms with Crippen LogP contribution in [0.5, 0.6) is 17.2 Å². The number of hydrogen-bond acceptors (Lipinski definition) is 4. The summed E-state index contributed by atoms with van der Waals surface area (Å²) >= 11 is 0. The Bertz CT molecular complexity index is 676. The van der Waals surface area contributed by atoms with Crippen molar-refractivity contribution in [2.24, 2.45) is 0 Å². The van der Waals surface area contributed by atoms with Gasteiger partial charge >= 0.3 is 6.03 Å². The Morgan fingerprint density at radius 3 is 2.24 bits per heavy atom. The minimum absolute atomic E-state index is 0.0601. The van der Waals surface area contributed by atoms with E-state index in [-0.39, 0.29) is 12.8 Å². The lowest BCUT2D eigenvalue weighted by Crippen LogP contribution is -2.38. The van der Waals surface area contributed by atoms with Crippen LogP contribution in [-0.4, -0.2) is 33.0 Å². The zero-order valence-electron chi connectivity index (χ0n) is 14.6. The molecule has 2 aromatic rings. The molecule has 0 aliphatic rings. The van der Waals surface area contributed by atoms with Gasteiger partial charge in [-0.2, -0.15) is 0 Å². The number of urea groups is 1. The molecule has 0 aliphatic carbocycles. The third-order valence-electron chi connectivity index (χ3n) is 3.48. The standard InChI is InChI=1S/C19H24N2O4/c1-3-24-17-10-6-7-11-18(17)25-14-21-19(22)20-13-12-15-8-4-5-9-16(15)23-2/h4-11H,3,12-14H2,1-2H3,(H2,20,21,22). The fourth-order valence-electron chi connectivity index (χ4n) is 2.31. The molecule has 25 heavy (non-hydrogen) atoms. The topological polar surface area (TPSA) is 68.8 Å². The predicted molar refractivity (Wildman–Crippen MR) is 96.3 cm³/mol. The number of rotatable bonds is 9. The molecule has 6 heteroatoms. The molecule has 2 aromatic carbocycles. The maximum Gasteiger partial charge on any atom is 0.317 e. The Morgan fingerprint density at radius 1 is 0.920 bits per heavy atom. The molecule has 134 valence electrons. The lowest BCUT2D eigenvalue weighted by atomic mass is 10.1. The fourth-order valence-corrected chi connectivity index (χ4v) is 2.31. The summed E-state index contributed by atoms with van der Waals surface area (Å²) in [6.45, 7) is 3.02. The first kappa shape index (κ1) is 18.4. The maximum atomic E-state index is 11.8. The van der Waals surface area contributed by atoms with Crippen LogP contribution >= 0.6 is 0 Å². The molecule has 0 saturated carbocycles. The van der Waals surface area contributed by atoms with E-state index in [1.807, 2.05) is 49.4 Å². The Labute approximate surface area is 148 Å². The molecule has 2 N–H and O–H groups in total. The van der Waals surface area contributed by atoms with Crippen LogP contribution < -0.4 is 24.8 Å². The van der Waals surface area contributed by atoms with Crippen molar-refractivity contribution in [3.63, 3.8) is 0 Å². The number of carbonyl (C=O) groups is 1. The molecule has 6 nitrogen and oxygen atoms in total. The quantitative estimate of drug-likeness (QED) is 0.686. The van der Waals surface area contributed by atoms with Crippen molar-refractivity contribution in [1.29, 1.82) is 0 Å². The second-order valence-corrected chi connectivity index (χ2v) is 5.16. The number of hydrogen-bond donors (Lipinski definition) is 2. The summed E-state index contributed by atoms with van der Waals surface area (Å²) in [7, 11) is 1.64. The van der Waals surface area contributed by atoms with E-state index in [0.717, 1.165) is 11.3 Å². The summed E-state index contributed by atoms with van der Waals surface area (Å²) in [6, 6.07) is 14.8. The highest BCUT2D eigenvalue weighted by atomic mass is 16.5. The van der Waals surface area contributed by atoms with E-state index in [9.17, 15) is 4.79 Å². The first-order valence-corrected chi connectivity index (χ1v) is 8.22. The van der Waals surface area contributed by atoms with Crippen LogP contribution in [-0.2, 0) is 6.42 Å². The Balaban J connectivity index is 1.71. The van der Waals surface area contributed by atoms with Gasteiger partial charge in [0.15, 0.2) is 18.2 Å². The number of nitrogens with one attached hydrogen (secondary N) is 2. The van der Waals surface area contributed by atoms with Crippen molar-refractivity contribution in [1.82, 2.24) is 10.6 Å². The molecule has 0 bridgehead atoms. The summed E-state index contributed by atoms with van der Waals surface area (Å²) in [5.41, 5.74) is 1.05. The zero-order chi connectivity index (χ0) is 17.9. The minimum atomic E-state index is -0.288. The van der Waals surface area contributed by atoms with E-state index in [1.165, 1.54) is 0 Å². The average molecular weight is 344 g/mol. The van der Waals surface area contributed by atoms with Crippen molar-refractivity contribution in [2.75, 3.05) is 27.0 Å². The highest BCUT2D eigenvalue weighted by Gasteiger charge is 2.06. The van der Waals surface area contributed by atoms with E-state index < -0.39 is 0 Å². The van der Waals surface area contributed by atoms with Crippen LogP contribution in [0.3, 0.4) is 0 Å². The lowest BCUT2D eigenvalue weighted by Gasteiger charge is -2.13. The predicted octanol–water partition coefficient (Wildman–Crippen LogP) is 2.97. The van der Waals surface area contributed by atoms with E-state index in [4.69, 9.17) is 14.2 Å². The number of methoxy groups -OCH3 is 1. The van der Waals surface area contributed by atoms with Gasteiger partial charge in [0.05, 0.1) is 13.7 Å². The van der Waals surface area contributed by atoms with Crippen LogP contribution in [0.2, 0.25) is 0 Å². The van der Waals surface area contributed by atoms with Gasteiger partial charge < -0.3 is 24.8 Å². The van der Waals surface area contributed by atoms with Crippen molar-refractivity contribution in [3.8, 4) is 17.2 Å². The summed E-state index contributed by atoms with van der Waals surface area (Å²) in [4.78, 5) is 11.8. The van der Waals surface area contributed by atoms with Gasteiger partial charge in [0.1, 0.15) is 5.75 Å². The molecule has 0 spiro atoms. The minimum Gasteiger partial charge on any atom is -0.496 e. The SMILES string of the molecule is CCOc1ccccc1OCNC(=O)NCCc1ccccc1OC. The molecule has 2 rings (SSSR count). The third kappa shape index (κ3) is 5.91. The third-order valence-corrected chi connectivity index (χ3v) is 3.48. The van der Waals surface area contributed by atoms with Crippen molar-refractivity contribution >= 4 is 6.03 Å². The van der Waals surface area contributed by atoms with Crippen molar-refractivity contribution in [2.45, 2.75) is 13.3 Å². The van der Waals surface area contributed by atoms with Crippen molar-refractivity contribution < 1.29 is 19.0 Å². The average Bonchev–Trinajstić information content (AvgIpc) is 2.64. The Morgan fingerprint density at radius 2 is 1.56 bits per heavy atom. The molecule has 0 fully saturated rings. The van der Waals surface area contributed by atoms with Crippen LogP contribution in [0.4, 0.5) is 4.79 Å². The molecule has 0 unspecified atom stereocenters. The Kier molecular flexibility index (Phi) is 7.43. The first-order valence-electron chi connectivity index (χ1n) is 8.22. The van der Waals surface area contributed by atoms with Crippen LogP contribution in [0.15, 0.2) is 48.5 Å². The molecular formula is C19H24N2O4. The highest BCUT2D eigenvalue weighted by molar-refractivity contribution is 5.73. The molecule has 0 aromatic heterocycles. The van der Waals surface area contributed by atoms with Gasteiger partial charge in [-0.3, -0.25) is 0 Å². The molecule has 0 saturated heterocycles. The number of ether oxygens (including phenoxy) is 3. The molecular weight excluding hydrogens is 320 g/mol. The number of amides is 2. The highest BCUT2D eigenvalue weighted by Crippen LogP contribution is 2.25. The molecule has 0 radical (unpaired) electrons. The van der Waals surface area contributed by atoms with Crippen LogP contribution in [0, 0.1) is 0 Å². The van der Waals surface area contributed by atoms with Crippen molar-refractivity contribution in [3.05, 3.63) is 54.1 Å². The van der Waals surface area contributed by atoms with Gasteiger partial charge in [-0.25, -0.2) is 4.79 Å². The lowest BCUT2D eigenvalue weighted by molar-refractivity contribution is 0.220. The maximum absolute atomic E-state index is 11.8. The van der Waals surface area contributed by atoms with E-state index >= 15 is 0 Å². The van der Waals surface area contributed by atoms with Gasteiger partial charge in [0, 0.05) is 6.54 Å². The molecule has 0 atom stereocenters. The van der Waals surface area contributed by atoms with E-state index in [2.05, 4.69) is 10.6 Å². The van der Waals surface area contributed by atoms with Crippen LogP contribution in [0.25, 0.3) is 0 Å². The molecule has 0 heterocycles. The second kappa shape index (κ2) is 10.1. The zero-order valence-corrected chi connectivity index (χ0v) is 14.6. The van der Waals surface area contributed by atoms with Gasteiger partial charge in [0.25, 0.3) is 0 Å². The fraction of sp³-hybridized carbons (Fsp3) is 0.316. The van der Waals surface area contributed by atoms with E-state index in [0.29, 0.717) is 31.1 Å². The monoisotopic (exact) mass is 344 g/mol. The van der Waals surface area contributed by atoms with Gasteiger partial charge in [-0.1, -0.05) is 30.3 Å². The summed E-state index contributed by atoms with van der Waals surface area (Å²) in [5, 5.41) is 5.45. The number of para-hydroxylation sites is 3. The van der Waals surface area contributed by atoms with Gasteiger partial charge in [-0.15, -0.1) is 0 Å². The summed E-state index contributed by atoms with van der Waals surface area (Å²) in [6.07, 6.45) is 0.686. The van der Waals surface area contributed by atoms with E-state index in [1.54, 1.807) is 13.2 Å². The molecule has 2 amide bonds. The smallest absolute Gasteiger partial charge is 0.317 e. The second-order valence-electron chi connectivity index (χ2n) is 5.16. The Hall–Kier alpha value is -2.89. The van der Waals surface area contributed by atoms with Gasteiger partial charge in [-0.05, 0) is 37.1 Å². The summed E-state index contributed by atoms with van der Waals surface area (Å²) in [5.74, 6) is 2.07. The largest absolute Gasteiger partial charge is 0.496 e. The van der Waals surface area contributed by atoms with Gasteiger partial charge in [0.2, 0.25) is 0 Å². The number of carbonyl (C=O) groups excluding carboxylic acids is 1. The first-order chi connectivity index (χ1) is 12.2. The normalized spacial score (nSPS) is 10.0.